The molecular weight excluding hydrogens is 360 g/mol. The molecule has 0 radical (unpaired) electrons. The van der Waals surface area contributed by atoms with Gasteiger partial charge < -0.3 is 5.11 Å². The normalized spacial score (nSPS) is 10.4. The Bertz CT molecular complexity index is 908. The smallest absolute Gasteiger partial charge is 0.308 e. The number of carboxylic acid groups (broad SMARTS) is 1. The van der Waals surface area contributed by atoms with Crippen LogP contribution in [0.1, 0.15) is 15.2 Å². The number of carboxylic acids is 1. The number of aliphatic carboxylic acids is 1. The fourth-order valence-electron chi connectivity index (χ4n) is 2.25. The van der Waals surface area contributed by atoms with E-state index in [0.29, 0.717) is 26.3 Å². The molecule has 0 aliphatic carbocycles. The van der Waals surface area contributed by atoms with Crippen molar-refractivity contribution in [3.63, 3.8) is 0 Å². The van der Waals surface area contributed by atoms with Gasteiger partial charge in [-0.2, -0.15) is 0 Å². The molecule has 3 aromatic rings. The van der Waals surface area contributed by atoms with Gasteiger partial charge in [0.05, 0.1) is 12.1 Å². The highest BCUT2D eigenvalue weighted by molar-refractivity contribution is 7.16. The SMILES string of the molecule is O=C(O)Cc1sc(NC(=O)c2ccc(Cl)cc2)nc1-c1ccccc1. The van der Waals surface area contributed by atoms with Gasteiger partial charge in [-0.25, -0.2) is 4.98 Å². The second kappa shape index (κ2) is 7.46. The van der Waals surface area contributed by atoms with Gasteiger partial charge in [-0.15, -0.1) is 11.3 Å². The lowest BCUT2D eigenvalue weighted by atomic mass is 10.1. The molecule has 2 aromatic carbocycles. The van der Waals surface area contributed by atoms with Gasteiger partial charge in [0.15, 0.2) is 5.13 Å². The Morgan fingerprint density at radius 2 is 1.76 bits per heavy atom. The summed E-state index contributed by atoms with van der Waals surface area (Å²) < 4.78 is 0. The summed E-state index contributed by atoms with van der Waals surface area (Å²) in [5.41, 5.74) is 1.82. The molecule has 0 aliphatic heterocycles. The standard InChI is InChI=1S/C18H13ClN2O3S/c19-13-8-6-12(7-9-13)17(24)21-18-20-16(11-4-2-1-3-5-11)14(25-18)10-15(22)23/h1-9H,10H2,(H,22,23)(H,20,21,24). The van der Waals surface area contributed by atoms with Crippen molar-refractivity contribution in [2.24, 2.45) is 0 Å². The van der Waals surface area contributed by atoms with Crippen molar-refractivity contribution < 1.29 is 14.7 Å². The third-order valence-corrected chi connectivity index (χ3v) is 4.61. The number of carbonyl (C=O) groups is 2. The predicted molar refractivity (Wildman–Crippen MR) is 98.3 cm³/mol. The number of hydrogen-bond donors (Lipinski definition) is 2. The Morgan fingerprint density at radius 1 is 1.08 bits per heavy atom. The van der Waals surface area contributed by atoms with Gasteiger partial charge in [-0.1, -0.05) is 41.9 Å². The average molecular weight is 373 g/mol. The summed E-state index contributed by atoms with van der Waals surface area (Å²) in [5.74, 6) is -1.27. The Hall–Kier alpha value is -2.70. The van der Waals surface area contributed by atoms with E-state index in [1.54, 1.807) is 24.3 Å². The highest BCUT2D eigenvalue weighted by Gasteiger charge is 2.17. The van der Waals surface area contributed by atoms with Crippen LogP contribution in [-0.2, 0) is 11.2 Å². The number of nitrogens with zero attached hydrogens (tertiary/aromatic N) is 1. The summed E-state index contributed by atoms with van der Waals surface area (Å²) in [6.45, 7) is 0. The Balaban J connectivity index is 1.89. The van der Waals surface area contributed by atoms with E-state index in [0.717, 1.165) is 16.9 Å². The van der Waals surface area contributed by atoms with Crippen molar-refractivity contribution in [2.45, 2.75) is 6.42 Å². The number of nitrogens with one attached hydrogen (secondary N) is 1. The lowest BCUT2D eigenvalue weighted by Gasteiger charge is -2.01. The van der Waals surface area contributed by atoms with Gasteiger partial charge in [0.2, 0.25) is 0 Å². The minimum Gasteiger partial charge on any atom is -0.481 e. The molecule has 126 valence electrons. The summed E-state index contributed by atoms with van der Waals surface area (Å²) in [7, 11) is 0. The first-order valence-corrected chi connectivity index (χ1v) is 8.56. The van der Waals surface area contributed by atoms with Gasteiger partial charge in [0.25, 0.3) is 5.91 Å². The van der Waals surface area contributed by atoms with Gasteiger partial charge >= 0.3 is 5.97 Å². The first-order chi connectivity index (χ1) is 12.0. The number of benzene rings is 2. The molecule has 0 bridgehead atoms. The Labute approximate surface area is 152 Å². The van der Waals surface area contributed by atoms with Crippen LogP contribution in [0.3, 0.4) is 0 Å². The maximum atomic E-state index is 12.3. The zero-order valence-corrected chi connectivity index (χ0v) is 14.5. The highest BCUT2D eigenvalue weighted by Crippen LogP contribution is 2.31. The maximum absolute atomic E-state index is 12.3. The monoisotopic (exact) mass is 372 g/mol. The number of amides is 1. The van der Waals surface area contributed by atoms with Crippen LogP contribution in [0.25, 0.3) is 11.3 Å². The third-order valence-electron chi connectivity index (χ3n) is 3.38. The molecular formula is C18H13ClN2O3S. The van der Waals surface area contributed by atoms with Crippen molar-refractivity contribution in [3.05, 3.63) is 70.1 Å². The predicted octanol–water partition coefficient (Wildman–Crippen LogP) is 4.34. The number of thiazole rings is 1. The van der Waals surface area contributed by atoms with Crippen LogP contribution in [0.4, 0.5) is 5.13 Å². The molecule has 0 saturated heterocycles. The number of aromatic nitrogens is 1. The summed E-state index contributed by atoms with van der Waals surface area (Å²) in [5, 5.41) is 12.7. The zero-order chi connectivity index (χ0) is 17.8. The van der Waals surface area contributed by atoms with Crippen molar-refractivity contribution in [1.29, 1.82) is 0 Å². The minimum absolute atomic E-state index is 0.154. The van der Waals surface area contributed by atoms with Crippen molar-refractivity contribution in [2.75, 3.05) is 5.32 Å². The molecule has 7 heteroatoms. The molecule has 0 unspecified atom stereocenters. The van der Waals surface area contributed by atoms with Crippen molar-refractivity contribution >= 4 is 39.9 Å². The van der Waals surface area contributed by atoms with E-state index in [9.17, 15) is 9.59 Å². The van der Waals surface area contributed by atoms with E-state index in [1.165, 1.54) is 0 Å². The maximum Gasteiger partial charge on any atom is 0.308 e. The van der Waals surface area contributed by atoms with Crippen LogP contribution in [0.15, 0.2) is 54.6 Å². The fraction of sp³-hybridized carbons (Fsp3) is 0.0556. The lowest BCUT2D eigenvalue weighted by molar-refractivity contribution is -0.136. The van der Waals surface area contributed by atoms with Gasteiger partial charge in [0, 0.05) is 21.0 Å². The van der Waals surface area contributed by atoms with Crippen molar-refractivity contribution in [3.8, 4) is 11.3 Å². The number of carbonyl (C=O) groups excluding carboxylic acids is 1. The zero-order valence-electron chi connectivity index (χ0n) is 12.9. The van der Waals surface area contributed by atoms with E-state index in [1.807, 2.05) is 30.3 Å². The summed E-state index contributed by atoms with van der Waals surface area (Å²) in [6.07, 6.45) is -0.154. The molecule has 3 rings (SSSR count). The molecule has 0 aliphatic rings. The molecule has 1 amide bonds. The topological polar surface area (TPSA) is 79.3 Å². The fourth-order valence-corrected chi connectivity index (χ4v) is 3.35. The van der Waals surface area contributed by atoms with E-state index in [4.69, 9.17) is 16.7 Å². The second-order valence-electron chi connectivity index (χ2n) is 5.19. The molecule has 0 spiro atoms. The summed E-state index contributed by atoms with van der Waals surface area (Å²) in [6, 6.07) is 15.8. The molecule has 25 heavy (non-hydrogen) atoms. The largest absolute Gasteiger partial charge is 0.481 e. The molecule has 2 N–H and O–H groups in total. The van der Waals surface area contributed by atoms with Crippen LogP contribution in [0, 0.1) is 0 Å². The first-order valence-electron chi connectivity index (χ1n) is 7.37. The second-order valence-corrected chi connectivity index (χ2v) is 6.71. The summed E-state index contributed by atoms with van der Waals surface area (Å²) >= 11 is 6.98. The Morgan fingerprint density at radius 3 is 2.40 bits per heavy atom. The van der Waals surface area contributed by atoms with Crippen LogP contribution < -0.4 is 5.32 Å². The molecule has 0 saturated carbocycles. The molecule has 0 fully saturated rings. The number of rotatable bonds is 5. The van der Waals surface area contributed by atoms with E-state index in [2.05, 4.69) is 10.3 Å². The lowest BCUT2D eigenvalue weighted by Crippen LogP contribution is -2.11. The minimum atomic E-state index is -0.948. The van der Waals surface area contributed by atoms with E-state index < -0.39 is 5.97 Å². The van der Waals surface area contributed by atoms with Crippen LogP contribution in [0.2, 0.25) is 5.02 Å². The molecule has 1 heterocycles. The quantitative estimate of drug-likeness (QED) is 0.698. The van der Waals surface area contributed by atoms with Gasteiger partial charge in [-0.3, -0.25) is 14.9 Å². The van der Waals surface area contributed by atoms with Crippen LogP contribution in [0.5, 0.6) is 0 Å². The number of halogens is 1. The molecule has 1 aromatic heterocycles. The first kappa shape index (κ1) is 17.1. The highest BCUT2D eigenvalue weighted by atomic mass is 35.5. The third kappa shape index (κ3) is 4.23. The molecule has 5 nitrogen and oxygen atoms in total. The summed E-state index contributed by atoms with van der Waals surface area (Å²) in [4.78, 5) is 28.4. The van der Waals surface area contributed by atoms with Gasteiger partial charge in [-0.05, 0) is 24.3 Å². The van der Waals surface area contributed by atoms with Gasteiger partial charge in [0.1, 0.15) is 0 Å². The average Bonchev–Trinajstić information content (AvgIpc) is 2.97. The van der Waals surface area contributed by atoms with Crippen LogP contribution in [-0.4, -0.2) is 22.0 Å². The van der Waals surface area contributed by atoms with Crippen molar-refractivity contribution in [1.82, 2.24) is 4.98 Å². The number of hydrogen-bond acceptors (Lipinski definition) is 4. The van der Waals surface area contributed by atoms with E-state index in [-0.39, 0.29) is 12.3 Å². The number of anilines is 1. The Kier molecular flexibility index (Phi) is 5.11. The van der Waals surface area contributed by atoms with E-state index >= 15 is 0 Å². The molecule has 0 atom stereocenters. The van der Waals surface area contributed by atoms with Crippen LogP contribution >= 0.6 is 22.9 Å².